The van der Waals surface area contributed by atoms with Crippen molar-refractivity contribution in [3.8, 4) is 0 Å². The van der Waals surface area contributed by atoms with E-state index in [4.69, 9.17) is 0 Å². The van der Waals surface area contributed by atoms with Gasteiger partial charge in [0.15, 0.2) is 0 Å². The molecule has 0 fully saturated rings. The number of carbonyl (C=O) groups is 2. The first-order valence-electron chi connectivity index (χ1n) is 10.9. The molecular weight excluding hydrogens is 464 g/mol. The highest BCUT2D eigenvalue weighted by Crippen LogP contribution is 2.37. The van der Waals surface area contributed by atoms with Crippen molar-refractivity contribution in [3.63, 3.8) is 0 Å². The molecule has 2 amide bonds. The summed E-state index contributed by atoms with van der Waals surface area (Å²) in [5, 5.41) is 6.25. The van der Waals surface area contributed by atoms with Gasteiger partial charge in [-0.05, 0) is 35.9 Å². The minimum Gasteiger partial charge on any atom is -0.354 e. The molecule has 3 aromatic rings. The summed E-state index contributed by atoms with van der Waals surface area (Å²) in [7, 11) is -0.526. The highest BCUT2D eigenvalue weighted by atomic mass is 32.2. The number of benzene rings is 3. The molecule has 1 aliphatic heterocycles. The molecule has 0 atom stereocenters. The van der Waals surface area contributed by atoms with Crippen molar-refractivity contribution in [1.82, 2.24) is 4.90 Å². The Morgan fingerprint density at radius 2 is 1.54 bits per heavy atom. The van der Waals surface area contributed by atoms with E-state index in [1.807, 2.05) is 54.6 Å². The molecule has 0 aliphatic carbocycles. The summed E-state index contributed by atoms with van der Waals surface area (Å²) in [5.41, 5.74) is 4.54. The fourth-order valence-corrected chi connectivity index (χ4v) is 4.62. The second-order valence-electron chi connectivity index (χ2n) is 8.35. The van der Waals surface area contributed by atoms with Gasteiger partial charge in [0.05, 0.1) is 23.2 Å². The topological polar surface area (TPSA) is 98.8 Å². The van der Waals surface area contributed by atoms with Gasteiger partial charge in [0.1, 0.15) is 6.54 Å². The predicted molar refractivity (Wildman–Crippen MR) is 139 cm³/mol. The molecule has 0 bridgehead atoms. The zero-order chi connectivity index (χ0) is 25.2. The molecule has 0 saturated heterocycles. The lowest BCUT2D eigenvalue weighted by Gasteiger charge is -2.24. The zero-order valence-electron chi connectivity index (χ0n) is 19.6. The SMILES string of the molecule is CN(C)C(=O)CN(c1ccc(N/C(=C2\C(=O)Nc3ccccc32)c2ccccc2)cc1)S(C)(=O)=O. The Balaban J connectivity index is 1.72. The summed E-state index contributed by atoms with van der Waals surface area (Å²) in [6.45, 7) is -0.297. The van der Waals surface area contributed by atoms with Gasteiger partial charge in [-0.2, -0.15) is 0 Å². The number of hydrogen-bond donors (Lipinski definition) is 2. The van der Waals surface area contributed by atoms with Crippen molar-refractivity contribution < 1.29 is 18.0 Å². The zero-order valence-corrected chi connectivity index (χ0v) is 20.5. The fraction of sp³-hybridized carbons (Fsp3) is 0.154. The van der Waals surface area contributed by atoms with Crippen molar-refractivity contribution in [1.29, 1.82) is 0 Å². The van der Waals surface area contributed by atoms with Crippen molar-refractivity contribution in [2.45, 2.75) is 0 Å². The lowest BCUT2D eigenvalue weighted by atomic mass is 10.00. The number of fused-ring (bicyclic) bond motifs is 1. The molecule has 0 unspecified atom stereocenters. The third-order valence-electron chi connectivity index (χ3n) is 5.59. The first-order valence-corrected chi connectivity index (χ1v) is 12.8. The van der Waals surface area contributed by atoms with Crippen LogP contribution in [0.25, 0.3) is 11.3 Å². The average Bonchev–Trinajstić information content (AvgIpc) is 3.16. The highest BCUT2D eigenvalue weighted by molar-refractivity contribution is 7.92. The molecule has 8 nitrogen and oxygen atoms in total. The van der Waals surface area contributed by atoms with Crippen LogP contribution >= 0.6 is 0 Å². The van der Waals surface area contributed by atoms with Crippen LogP contribution in [0.15, 0.2) is 78.9 Å². The Bertz CT molecular complexity index is 1400. The summed E-state index contributed by atoms with van der Waals surface area (Å²) in [5.74, 6) is -0.542. The van der Waals surface area contributed by atoms with Crippen LogP contribution in [0.5, 0.6) is 0 Å². The molecule has 0 saturated carbocycles. The van der Waals surface area contributed by atoms with E-state index in [1.54, 1.807) is 38.4 Å². The second kappa shape index (κ2) is 9.63. The summed E-state index contributed by atoms with van der Waals surface area (Å²) in [6.07, 6.45) is 1.07. The Morgan fingerprint density at radius 1 is 0.914 bits per heavy atom. The van der Waals surface area contributed by atoms with E-state index >= 15 is 0 Å². The Morgan fingerprint density at radius 3 is 2.17 bits per heavy atom. The van der Waals surface area contributed by atoms with Crippen LogP contribution in [0.4, 0.5) is 17.1 Å². The van der Waals surface area contributed by atoms with Crippen LogP contribution in [0, 0.1) is 0 Å². The van der Waals surface area contributed by atoms with E-state index in [-0.39, 0.29) is 18.4 Å². The number of amides is 2. The molecule has 0 spiro atoms. The van der Waals surface area contributed by atoms with Gasteiger partial charge in [0, 0.05) is 31.0 Å². The first kappa shape index (κ1) is 24.0. The summed E-state index contributed by atoms with van der Waals surface area (Å²) < 4.78 is 25.8. The van der Waals surface area contributed by atoms with Crippen molar-refractivity contribution in [2.75, 3.05) is 41.8 Å². The minimum atomic E-state index is -3.68. The van der Waals surface area contributed by atoms with E-state index in [2.05, 4.69) is 10.6 Å². The maximum absolute atomic E-state index is 12.9. The van der Waals surface area contributed by atoms with Gasteiger partial charge in [0.2, 0.25) is 15.9 Å². The lowest BCUT2D eigenvalue weighted by Crippen LogP contribution is -2.39. The lowest BCUT2D eigenvalue weighted by molar-refractivity contribution is -0.127. The molecular formula is C26H26N4O4S. The molecule has 2 N–H and O–H groups in total. The van der Waals surface area contributed by atoms with Crippen LogP contribution in [0.2, 0.25) is 0 Å². The molecule has 35 heavy (non-hydrogen) atoms. The first-order chi connectivity index (χ1) is 16.6. The van der Waals surface area contributed by atoms with Gasteiger partial charge in [-0.15, -0.1) is 0 Å². The van der Waals surface area contributed by atoms with E-state index in [0.29, 0.717) is 22.6 Å². The fourth-order valence-electron chi connectivity index (χ4n) is 3.77. The van der Waals surface area contributed by atoms with Crippen LogP contribution in [-0.2, 0) is 19.6 Å². The Hall–Kier alpha value is -4.11. The summed E-state index contributed by atoms with van der Waals surface area (Å²) >= 11 is 0. The van der Waals surface area contributed by atoms with Crippen LogP contribution < -0.4 is 14.9 Å². The Kier molecular flexibility index (Phi) is 6.61. The smallest absolute Gasteiger partial charge is 0.258 e. The average molecular weight is 491 g/mol. The number of carbonyl (C=O) groups excluding carboxylic acids is 2. The molecule has 0 radical (unpaired) electrons. The van der Waals surface area contributed by atoms with Crippen LogP contribution in [-0.4, -0.2) is 52.0 Å². The normalized spacial score (nSPS) is 14.1. The largest absolute Gasteiger partial charge is 0.354 e. The molecule has 4 rings (SSSR count). The standard InChI is InChI=1S/C26H26N4O4S/c1-29(2)23(31)17-30(35(3,33)34)20-15-13-19(14-16-20)27-25(18-9-5-4-6-10-18)24-21-11-7-8-12-22(21)28-26(24)32/h4-16,27H,17H2,1-3H3,(H,28,32)/b25-24-. The molecule has 180 valence electrons. The molecule has 1 heterocycles. The van der Waals surface area contributed by atoms with Crippen LogP contribution in [0.3, 0.4) is 0 Å². The highest BCUT2D eigenvalue weighted by Gasteiger charge is 2.28. The summed E-state index contributed by atoms with van der Waals surface area (Å²) in [4.78, 5) is 26.5. The molecule has 0 aromatic heterocycles. The van der Waals surface area contributed by atoms with Gasteiger partial charge in [-0.3, -0.25) is 13.9 Å². The number of nitrogens with zero attached hydrogens (tertiary/aromatic N) is 2. The molecule has 9 heteroatoms. The Labute approximate surface area is 204 Å². The predicted octanol–water partition coefficient (Wildman–Crippen LogP) is 3.47. The van der Waals surface area contributed by atoms with Gasteiger partial charge in [-0.25, -0.2) is 8.42 Å². The maximum Gasteiger partial charge on any atom is 0.258 e. The van der Waals surface area contributed by atoms with Crippen molar-refractivity contribution in [2.24, 2.45) is 0 Å². The van der Waals surface area contributed by atoms with E-state index in [9.17, 15) is 18.0 Å². The maximum atomic E-state index is 12.9. The monoisotopic (exact) mass is 490 g/mol. The number of anilines is 3. The second-order valence-corrected chi connectivity index (χ2v) is 10.3. The van der Waals surface area contributed by atoms with E-state index < -0.39 is 10.0 Å². The van der Waals surface area contributed by atoms with Gasteiger partial charge in [0.25, 0.3) is 5.91 Å². The minimum absolute atomic E-state index is 0.209. The number of nitrogens with one attached hydrogen (secondary N) is 2. The molecule has 3 aromatic carbocycles. The van der Waals surface area contributed by atoms with Gasteiger partial charge < -0.3 is 15.5 Å². The third-order valence-corrected chi connectivity index (χ3v) is 6.73. The van der Waals surface area contributed by atoms with Crippen LogP contribution in [0.1, 0.15) is 11.1 Å². The quantitative estimate of drug-likeness (QED) is 0.494. The number of sulfonamides is 1. The number of rotatable bonds is 7. The summed E-state index contributed by atoms with van der Waals surface area (Å²) in [6, 6.07) is 23.7. The van der Waals surface area contributed by atoms with Crippen molar-refractivity contribution in [3.05, 3.63) is 90.0 Å². The van der Waals surface area contributed by atoms with E-state index in [0.717, 1.165) is 27.4 Å². The number of likely N-dealkylation sites (N-methyl/N-ethyl adjacent to an activating group) is 1. The number of para-hydroxylation sites is 1. The van der Waals surface area contributed by atoms with Gasteiger partial charge in [-0.1, -0.05) is 48.5 Å². The van der Waals surface area contributed by atoms with Crippen molar-refractivity contribution >= 4 is 50.2 Å². The number of hydrogen-bond acceptors (Lipinski definition) is 5. The van der Waals surface area contributed by atoms with E-state index in [1.165, 1.54) is 4.90 Å². The molecule has 1 aliphatic rings. The third kappa shape index (κ3) is 5.20. The van der Waals surface area contributed by atoms with Gasteiger partial charge >= 0.3 is 0 Å².